The molecule has 1 atom stereocenters. The Bertz CT molecular complexity index is 1420. The van der Waals surface area contributed by atoms with Gasteiger partial charge in [0.05, 0.1) is 11.9 Å². The van der Waals surface area contributed by atoms with Crippen molar-refractivity contribution in [2.45, 2.75) is 39.5 Å². The lowest BCUT2D eigenvalue weighted by molar-refractivity contribution is -0.118. The van der Waals surface area contributed by atoms with Gasteiger partial charge in [0.1, 0.15) is 17.4 Å². The molecule has 2 aromatic carbocycles. The molecule has 0 radical (unpaired) electrons. The van der Waals surface area contributed by atoms with E-state index in [4.69, 9.17) is 0 Å². The second-order valence-corrected chi connectivity index (χ2v) is 10.3. The van der Waals surface area contributed by atoms with E-state index in [0.29, 0.717) is 35.4 Å². The van der Waals surface area contributed by atoms with Crippen molar-refractivity contribution in [3.63, 3.8) is 0 Å². The summed E-state index contributed by atoms with van der Waals surface area (Å²) in [5.74, 6) is -1.65. The molecule has 1 aliphatic carbocycles. The number of ketones is 1. The third-order valence-electron chi connectivity index (χ3n) is 6.92. The first kappa shape index (κ1) is 23.7. The molecule has 6 heteroatoms. The fourth-order valence-electron chi connectivity index (χ4n) is 5.27. The quantitative estimate of drug-likeness (QED) is 0.407. The number of benzene rings is 2. The fourth-order valence-corrected chi connectivity index (χ4v) is 5.27. The van der Waals surface area contributed by atoms with E-state index in [-0.39, 0.29) is 33.9 Å². The highest BCUT2D eigenvalue weighted by atomic mass is 19.1. The Kier molecular flexibility index (Phi) is 5.83. The summed E-state index contributed by atoms with van der Waals surface area (Å²) in [5, 5.41) is 21.0. The number of halogens is 1. The lowest BCUT2D eigenvalue weighted by atomic mass is 9.67. The highest BCUT2D eigenvalue weighted by Gasteiger charge is 2.47. The summed E-state index contributed by atoms with van der Waals surface area (Å²) in [7, 11) is 0. The van der Waals surface area contributed by atoms with Crippen LogP contribution in [0.25, 0.3) is 5.76 Å². The number of anilines is 1. The molecule has 0 saturated carbocycles. The summed E-state index contributed by atoms with van der Waals surface area (Å²) in [6.45, 7) is 5.99. The number of rotatable bonds is 3. The number of aryl methyl sites for hydroxylation is 1. The van der Waals surface area contributed by atoms with Gasteiger partial charge in [-0.3, -0.25) is 20.1 Å². The number of nitrogens with one attached hydrogen (secondary N) is 1. The van der Waals surface area contributed by atoms with Crippen LogP contribution in [0.2, 0.25) is 0 Å². The number of aliphatic hydroxyl groups is 1. The molecule has 182 valence electrons. The standard InChI is InChI=1S/C30H28FN3O2/c1-18-10-12-19(13-11-18)28(36)27-25(21-8-4-5-9-22(21)31)26-23(15-30(2,3)16-24(26)35)34(29(27)32)20-7-6-14-33-17-20/h4-14,17,25,32,36H,15-16H2,1-3H3/b28-27+,32-29?. The average Bonchev–Trinajstić information content (AvgIpc) is 2.83. The molecule has 0 amide bonds. The van der Waals surface area contributed by atoms with Gasteiger partial charge in [-0.2, -0.15) is 0 Å². The zero-order valence-corrected chi connectivity index (χ0v) is 20.5. The van der Waals surface area contributed by atoms with Gasteiger partial charge >= 0.3 is 0 Å². The minimum Gasteiger partial charge on any atom is -0.507 e. The number of hydrogen-bond donors (Lipinski definition) is 2. The molecule has 0 saturated heterocycles. The number of nitrogens with zero attached hydrogens (tertiary/aromatic N) is 2. The summed E-state index contributed by atoms with van der Waals surface area (Å²) in [5.41, 5.74) is 3.34. The molecule has 3 aromatic rings. The van der Waals surface area contributed by atoms with Crippen LogP contribution in [0.4, 0.5) is 10.1 Å². The third kappa shape index (κ3) is 4.02. The molecule has 0 spiro atoms. The fraction of sp³-hybridized carbons (Fsp3) is 0.233. The van der Waals surface area contributed by atoms with Crippen molar-refractivity contribution in [3.05, 3.63) is 112 Å². The van der Waals surface area contributed by atoms with Gasteiger partial charge in [0.15, 0.2) is 5.78 Å². The van der Waals surface area contributed by atoms with Crippen LogP contribution in [0.15, 0.2) is 89.9 Å². The molecule has 5 rings (SSSR count). The van der Waals surface area contributed by atoms with Gasteiger partial charge in [-0.1, -0.05) is 61.9 Å². The monoisotopic (exact) mass is 481 g/mol. The first-order valence-corrected chi connectivity index (χ1v) is 12.0. The predicted molar refractivity (Wildman–Crippen MR) is 139 cm³/mol. The molecule has 0 bridgehead atoms. The number of carbonyl (C=O) groups is 1. The maximum absolute atomic E-state index is 15.3. The Morgan fingerprint density at radius 2 is 1.81 bits per heavy atom. The minimum atomic E-state index is -0.911. The molecule has 2 heterocycles. The normalized spacial score (nSPS) is 20.9. The lowest BCUT2D eigenvalue weighted by Crippen LogP contribution is -2.45. The van der Waals surface area contributed by atoms with E-state index >= 15 is 4.39 Å². The topological polar surface area (TPSA) is 77.3 Å². The van der Waals surface area contributed by atoms with Gasteiger partial charge in [0.25, 0.3) is 0 Å². The van der Waals surface area contributed by atoms with Crippen LogP contribution in [0.1, 0.15) is 49.3 Å². The van der Waals surface area contributed by atoms with Crippen LogP contribution >= 0.6 is 0 Å². The van der Waals surface area contributed by atoms with Crippen molar-refractivity contribution in [2.75, 3.05) is 4.90 Å². The van der Waals surface area contributed by atoms with E-state index in [0.717, 1.165) is 5.56 Å². The Hall–Kier alpha value is -4.06. The van der Waals surface area contributed by atoms with E-state index in [9.17, 15) is 15.3 Å². The van der Waals surface area contributed by atoms with E-state index in [1.807, 2.05) is 39.0 Å². The smallest absolute Gasteiger partial charge is 0.162 e. The number of amidine groups is 1. The highest BCUT2D eigenvalue weighted by Crippen LogP contribution is 2.51. The molecule has 5 nitrogen and oxygen atoms in total. The molecule has 2 aliphatic rings. The van der Waals surface area contributed by atoms with E-state index in [2.05, 4.69) is 4.98 Å². The SMILES string of the molecule is Cc1ccc(/C(O)=C2\C(=N)N(c3cccnc3)C3=C(C(=O)CC(C)(C)C3)C2c2ccccc2F)cc1. The molecule has 2 N–H and O–H groups in total. The number of pyridine rings is 1. The van der Waals surface area contributed by atoms with Crippen molar-refractivity contribution < 1.29 is 14.3 Å². The maximum Gasteiger partial charge on any atom is 0.162 e. The minimum absolute atomic E-state index is 0.00132. The molecule has 36 heavy (non-hydrogen) atoms. The van der Waals surface area contributed by atoms with Crippen LogP contribution in [0.3, 0.4) is 0 Å². The number of allylic oxidation sites excluding steroid dienone is 2. The van der Waals surface area contributed by atoms with Gasteiger partial charge in [0.2, 0.25) is 0 Å². The van der Waals surface area contributed by atoms with Crippen LogP contribution in [0, 0.1) is 23.6 Å². The molecule has 0 fully saturated rings. The molecule has 1 unspecified atom stereocenters. The van der Waals surface area contributed by atoms with Crippen LogP contribution in [-0.2, 0) is 4.79 Å². The zero-order chi connectivity index (χ0) is 25.6. The van der Waals surface area contributed by atoms with Crippen molar-refractivity contribution in [1.82, 2.24) is 4.98 Å². The lowest BCUT2D eigenvalue weighted by Gasteiger charge is -2.45. The van der Waals surface area contributed by atoms with Gasteiger partial charge in [-0.05, 0) is 37.0 Å². The first-order chi connectivity index (χ1) is 17.2. The van der Waals surface area contributed by atoms with Gasteiger partial charge < -0.3 is 5.11 Å². The second kappa shape index (κ2) is 8.86. The average molecular weight is 482 g/mol. The number of aliphatic hydroxyl groups excluding tert-OH is 1. The van der Waals surface area contributed by atoms with Gasteiger partial charge in [0, 0.05) is 46.5 Å². The Morgan fingerprint density at radius 3 is 2.47 bits per heavy atom. The summed E-state index contributed by atoms with van der Waals surface area (Å²) in [4.78, 5) is 19.7. The Balaban J connectivity index is 1.87. The van der Waals surface area contributed by atoms with Crippen LogP contribution < -0.4 is 4.90 Å². The summed E-state index contributed by atoms with van der Waals surface area (Å²) in [6.07, 6.45) is 4.10. The maximum atomic E-state index is 15.3. The third-order valence-corrected chi connectivity index (χ3v) is 6.92. The number of hydrogen-bond acceptors (Lipinski definition) is 4. The zero-order valence-electron chi connectivity index (χ0n) is 20.5. The van der Waals surface area contributed by atoms with Gasteiger partial charge in [-0.25, -0.2) is 4.39 Å². The molecule has 1 aliphatic heterocycles. The molecule has 1 aromatic heterocycles. The largest absolute Gasteiger partial charge is 0.507 e. The van der Waals surface area contributed by atoms with Crippen LogP contribution in [0.5, 0.6) is 0 Å². The molecular weight excluding hydrogens is 453 g/mol. The highest BCUT2D eigenvalue weighted by molar-refractivity contribution is 6.19. The predicted octanol–water partition coefficient (Wildman–Crippen LogP) is 6.72. The summed E-state index contributed by atoms with van der Waals surface area (Å²) in [6, 6.07) is 17.2. The number of aromatic nitrogens is 1. The van der Waals surface area contributed by atoms with Crippen molar-refractivity contribution in [2.24, 2.45) is 5.41 Å². The summed E-state index contributed by atoms with van der Waals surface area (Å²) < 4.78 is 15.3. The first-order valence-electron chi connectivity index (χ1n) is 12.0. The van der Waals surface area contributed by atoms with E-state index in [1.165, 1.54) is 6.07 Å². The molecular formula is C30H28FN3O2. The number of Topliss-reactive ketones (excluding diaryl/α,β-unsaturated/α-hetero) is 1. The Labute approximate surface area is 210 Å². The van der Waals surface area contributed by atoms with E-state index < -0.39 is 11.7 Å². The van der Waals surface area contributed by atoms with E-state index in [1.54, 1.807) is 53.7 Å². The number of carbonyl (C=O) groups excluding carboxylic acids is 1. The second-order valence-electron chi connectivity index (χ2n) is 10.3. The van der Waals surface area contributed by atoms with Crippen LogP contribution in [-0.4, -0.2) is 21.7 Å². The Morgan fingerprint density at radius 1 is 1.08 bits per heavy atom. The van der Waals surface area contributed by atoms with Crippen molar-refractivity contribution >= 4 is 23.1 Å². The summed E-state index contributed by atoms with van der Waals surface area (Å²) >= 11 is 0. The van der Waals surface area contributed by atoms with Crippen molar-refractivity contribution in [1.29, 1.82) is 5.41 Å². The van der Waals surface area contributed by atoms with Gasteiger partial charge in [-0.15, -0.1) is 0 Å². The van der Waals surface area contributed by atoms with Crippen molar-refractivity contribution in [3.8, 4) is 0 Å².